The lowest BCUT2D eigenvalue weighted by Crippen LogP contribution is -2.41. The summed E-state index contributed by atoms with van der Waals surface area (Å²) < 4.78 is 25.1. The highest BCUT2D eigenvalue weighted by atomic mass is 16.5. The molecule has 0 radical (unpaired) electrons. The molecular formula is C58H52O4. The number of methoxy groups -OCH3 is 3. The summed E-state index contributed by atoms with van der Waals surface area (Å²) in [6.45, 7) is 2.61. The van der Waals surface area contributed by atoms with Crippen LogP contribution in [0.15, 0.2) is 176 Å². The number of allylic oxidation sites excluding steroid dienone is 3. The van der Waals surface area contributed by atoms with Crippen molar-refractivity contribution in [2.24, 2.45) is 0 Å². The molecule has 7 aromatic rings. The Morgan fingerprint density at radius 2 is 1.23 bits per heavy atom. The monoisotopic (exact) mass is 812 g/mol. The molecule has 4 nitrogen and oxygen atoms in total. The Kier molecular flexibility index (Phi) is 10.2. The second-order valence-corrected chi connectivity index (χ2v) is 16.9. The zero-order valence-corrected chi connectivity index (χ0v) is 36.0. The first-order valence-electron chi connectivity index (χ1n) is 21.8. The third-order valence-corrected chi connectivity index (χ3v) is 14.1. The van der Waals surface area contributed by atoms with Crippen molar-refractivity contribution in [3.05, 3.63) is 220 Å². The molecule has 0 N–H and O–H groups in total. The van der Waals surface area contributed by atoms with Crippen molar-refractivity contribution < 1.29 is 18.9 Å². The van der Waals surface area contributed by atoms with Crippen molar-refractivity contribution in [3.63, 3.8) is 0 Å². The van der Waals surface area contributed by atoms with E-state index in [4.69, 9.17) is 18.9 Å². The van der Waals surface area contributed by atoms with Gasteiger partial charge in [-0.15, -0.1) is 0 Å². The molecule has 1 saturated carbocycles. The normalized spacial score (nSPS) is 18.3. The fourth-order valence-corrected chi connectivity index (χ4v) is 11.1. The van der Waals surface area contributed by atoms with Crippen molar-refractivity contribution >= 4 is 22.4 Å². The number of hydrogen-bond donors (Lipinski definition) is 0. The summed E-state index contributed by atoms with van der Waals surface area (Å²) in [4.78, 5) is 0. The molecule has 0 aromatic heterocycles. The lowest BCUT2D eigenvalue weighted by molar-refractivity contribution is 0.162. The number of fused-ring (bicyclic) bond motifs is 10. The van der Waals surface area contributed by atoms with Crippen LogP contribution in [0, 0.1) is 0 Å². The highest BCUT2D eigenvalue weighted by Gasteiger charge is 2.53. The Hall–Kier alpha value is -6.62. The topological polar surface area (TPSA) is 36.9 Å². The average molecular weight is 813 g/mol. The molecule has 3 aliphatic rings. The van der Waals surface area contributed by atoms with Gasteiger partial charge >= 0.3 is 0 Å². The van der Waals surface area contributed by atoms with Gasteiger partial charge in [-0.2, -0.15) is 0 Å². The zero-order valence-electron chi connectivity index (χ0n) is 36.0. The standard InChI is InChI=1S/C58H52O4/c1-5-40(18-17-37-59-2)48-38-49-50(39-52(48)61-4)55-47(31-32-58(62-55,43-23-13-8-14-24-43)44-27-29-45(60-3)30-28-44)54-53(49)46-25-15-16-26-51(46)57(54)35-33-56(34-36-57,41-19-9-6-10-20-41)42-21-11-7-12-22-42/h5-32,38-39H,33-37H2,1-4H3/b18-17-,40-5+. The predicted octanol–water partition coefficient (Wildman–Crippen LogP) is 13.6. The smallest absolute Gasteiger partial charge is 0.178 e. The van der Waals surface area contributed by atoms with Crippen molar-refractivity contribution in [2.75, 3.05) is 27.9 Å². The Morgan fingerprint density at radius 3 is 1.84 bits per heavy atom. The van der Waals surface area contributed by atoms with Crippen LogP contribution in [-0.4, -0.2) is 27.9 Å². The highest BCUT2D eigenvalue weighted by Crippen LogP contribution is 2.65. The molecule has 308 valence electrons. The van der Waals surface area contributed by atoms with Gasteiger partial charge in [-0.25, -0.2) is 0 Å². The van der Waals surface area contributed by atoms with Crippen molar-refractivity contribution in [1.82, 2.24) is 0 Å². The maximum absolute atomic E-state index is 7.79. The molecule has 1 fully saturated rings. The predicted molar refractivity (Wildman–Crippen MR) is 253 cm³/mol. The molecule has 1 spiro atoms. The molecule has 0 amide bonds. The summed E-state index contributed by atoms with van der Waals surface area (Å²) >= 11 is 0. The minimum Gasteiger partial charge on any atom is -0.497 e. The van der Waals surface area contributed by atoms with Crippen LogP contribution in [-0.2, 0) is 21.2 Å². The van der Waals surface area contributed by atoms with Gasteiger partial charge in [0.1, 0.15) is 17.2 Å². The summed E-state index contributed by atoms with van der Waals surface area (Å²) in [6, 6.07) is 55.1. The van der Waals surface area contributed by atoms with Crippen LogP contribution in [0.3, 0.4) is 0 Å². The van der Waals surface area contributed by atoms with E-state index >= 15 is 0 Å². The second-order valence-electron chi connectivity index (χ2n) is 16.9. The van der Waals surface area contributed by atoms with Crippen LogP contribution < -0.4 is 14.2 Å². The van der Waals surface area contributed by atoms with Crippen LogP contribution >= 0.6 is 0 Å². The Labute approximate surface area is 365 Å². The van der Waals surface area contributed by atoms with Crippen LogP contribution in [0.5, 0.6) is 17.2 Å². The Balaban J connectivity index is 1.26. The first-order valence-corrected chi connectivity index (χ1v) is 21.8. The lowest BCUT2D eigenvalue weighted by Gasteiger charge is -2.48. The van der Waals surface area contributed by atoms with E-state index in [0.29, 0.717) is 6.61 Å². The molecule has 1 heterocycles. The van der Waals surface area contributed by atoms with E-state index in [0.717, 1.165) is 81.5 Å². The highest BCUT2D eigenvalue weighted by molar-refractivity contribution is 6.10. The second kappa shape index (κ2) is 16.0. The van der Waals surface area contributed by atoms with Gasteiger partial charge in [-0.1, -0.05) is 152 Å². The van der Waals surface area contributed by atoms with Crippen LogP contribution in [0.1, 0.15) is 77.1 Å². The molecule has 0 saturated heterocycles. The van der Waals surface area contributed by atoms with E-state index in [-0.39, 0.29) is 10.8 Å². The summed E-state index contributed by atoms with van der Waals surface area (Å²) in [7, 11) is 5.20. The quantitative estimate of drug-likeness (QED) is 0.129. The number of rotatable bonds is 10. The third kappa shape index (κ3) is 6.15. The van der Waals surface area contributed by atoms with Gasteiger partial charge in [0.15, 0.2) is 5.60 Å². The van der Waals surface area contributed by atoms with Crippen LogP contribution in [0.2, 0.25) is 0 Å². The molecule has 62 heavy (non-hydrogen) atoms. The lowest BCUT2D eigenvalue weighted by atomic mass is 9.56. The van der Waals surface area contributed by atoms with Crippen molar-refractivity contribution in [1.29, 1.82) is 0 Å². The van der Waals surface area contributed by atoms with E-state index < -0.39 is 5.60 Å². The number of hydrogen-bond acceptors (Lipinski definition) is 4. The van der Waals surface area contributed by atoms with Gasteiger partial charge < -0.3 is 18.9 Å². The van der Waals surface area contributed by atoms with Gasteiger partial charge in [0.05, 0.1) is 20.8 Å². The maximum Gasteiger partial charge on any atom is 0.178 e. The molecule has 1 aliphatic heterocycles. The van der Waals surface area contributed by atoms with Gasteiger partial charge in [-0.3, -0.25) is 0 Å². The molecule has 1 unspecified atom stereocenters. The van der Waals surface area contributed by atoms with E-state index in [1.54, 1.807) is 21.3 Å². The minimum absolute atomic E-state index is 0.110. The first-order chi connectivity index (χ1) is 30.5. The largest absolute Gasteiger partial charge is 0.497 e. The Bertz CT molecular complexity index is 2810. The van der Waals surface area contributed by atoms with Crippen molar-refractivity contribution in [3.8, 4) is 28.4 Å². The molecule has 1 atom stereocenters. The van der Waals surface area contributed by atoms with E-state index in [1.165, 1.54) is 33.4 Å². The summed E-state index contributed by atoms with van der Waals surface area (Å²) in [5.41, 5.74) is 12.2. The molecular weight excluding hydrogens is 761 g/mol. The van der Waals surface area contributed by atoms with E-state index in [2.05, 4.69) is 177 Å². The van der Waals surface area contributed by atoms with Gasteiger partial charge in [0, 0.05) is 45.6 Å². The zero-order chi connectivity index (χ0) is 42.3. The Morgan fingerprint density at radius 1 is 0.629 bits per heavy atom. The fourth-order valence-electron chi connectivity index (χ4n) is 11.1. The van der Waals surface area contributed by atoms with E-state index in [9.17, 15) is 0 Å². The molecule has 2 aliphatic carbocycles. The fraction of sp³-hybridized carbons (Fsp3) is 0.207. The van der Waals surface area contributed by atoms with Crippen molar-refractivity contribution in [2.45, 2.75) is 49.0 Å². The number of ether oxygens (including phenoxy) is 4. The first kappa shape index (κ1) is 39.5. The molecule has 4 heteroatoms. The van der Waals surface area contributed by atoms with Crippen LogP contribution in [0.4, 0.5) is 0 Å². The molecule has 7 aromatic carbocycles. The van der Waals surface area contributed by atoms with Crippen LogP contribution in [0.25, 0.3) is 33.5 Å². The molecule has 10 rings (SSSR count). The maximum atomic E-state index is 7.79. The average Bonchev–Trinajstić information content (AvgIpc) is 3.63. The SMILES string of the molecule is C/C=C(\C=C/COC)c1cc2c3c(c4c(c2cc1OC)OC(c1ccccc1)(c1ccc(OC)cc1)C=C4)C1(CCC(c2ccccc2)(c2ccccc2)CC1)c1ccccc1-3. The summed E-state index contributed by atoms with van der Waals surface area (Å²) in [6.07, 6.45) is 15.0. The van der Waals surface area contributed by atoms with Gasteiger partial charge in [0.25, 0.3) is 0 Å². The minimum atomic E-state index is -0.911. The van der Waals surface area contributed by atoms with E-state index in [1.807, 2.05) is 12.1 Å². The van der Waals surface area contributed by atoms with Gasteiger partial charge in [0.2, 0.25) is 0 Å². The van der Waals surface area contributed by atoms with Gasteiger partial charge in [-0.05, 0) is 107 Å². The number of benzene rings is 7. The third-order valence-electron chi connectivity index (χ3n) is 14.1. The summed E-state index contributed by atoms with van der Waals surface area (Å²) in [5, 5.41) is 2.19. The molecule has 0 bridgehead atoms. The summed E-state index contributed by atoms with van der Waals surface area (Å²) in [5.74, 6) is 2.46.